The van der Waals surface area contributed by atoms with Crippen LogP contribution in [0.5, 0.6) is 0 Å². The number of carbonyl (C=O) groups is 2. The Morgan fingerprint density at radius 2 is 1.86 bits per heavy atom. The lowest BCUT2D eigenvalue weighted by atomic mass is 10.1. The van der Waals surface area contributed by atoms with Crippen LogP contribution in [0.1, 0.15) is 21.6 Å². The molecule has 0 aliphatic heterocycles. The third-order valence-corrected chi connectivity index (χ3v) is 3.98. The molecule has 3 aromatic rings. The van der Waals surface area contributed by atoms with Crippen molar-refractivity contribution in [1.82, 2.24) is 10.5 Å². The van der Waals surface area contributed by atoms with Crippen molar-refractivity contribution in [2.24, 2.45) is 0 Å². The minimum Gasteiger partial charge on any atom is -0.458 e. The molecule has 0 fully saturated rings. The molecular weight excluding hydrogens is 370 g/mol. The topological polar surface area (TPSA) is 81.4 Å². The van der Waals surface area contributed by atoms with Gasteiger partial charge in [0.1, 0.15) is 30.5 Å². The van der Waals surface area contributed by atoms with E-state index in [1.807, 2.05) is 0 Å². The molecule has 28 heavy (non-hydrogen) atoms. The van der Waals surface area contributed by atoms with Gasteiger partial charge < -0.3 is 14.6 Å². The lowest BCUT2D eigenvalue weighted by Crippen LogP contribution is -2.30. The summed E-state index contributed by atoms with van der Waals surface area (Å²) < 4.78 is 36.5. The van der Waals surface area contributed by atoms with Crippen LogP contribution in [0.25, 0.3) is 11.3 Å². The third kappa shape index (κ3) is 4.59. The summed E-state index contributed by atoms with van der Waals surface area (Å²) in [5.41, 5.74) is 1.81. The zero-order valence-electron chi connectivity index (χ0n) is 14.9. The van der Waals surface area contributed by atoms with Gasteiger partial charge in [0.2, 0.25) is 0 Å². The first kappa shape index (κ1) is 19.2. The van der Waals surface area contributed by atoms with Crippen molar-refractivity contribution in [3.8, 4) is 11.3 Å². The number of hydrogen-bond donors (Lipinski definition) is 1. The van der Waals surface area contributed by atoms with Crippen LogP contribution in [0.15, 0.2) is 53.1 Å². The Bertz CT molecular complexity index is 1000. The average molecular weight is 386 g/mol. The first-order valence-electron chi connectivity index (χ1n) is 8.34. The molecule has 1 aromatic heterocycles. The van der Waals surface area contributed by atoms with Crippen LogP contribution in [0.4, 0.5) is 8.78 Å². The van der Waals surface area contributed by atoms with E-state index >= 15 is 0 Å². The quantitative estimate of drug-likeness (QED) is 0.657. The molecule has 1 N–H and O–H groups in total. The predicted octanol–water partition coefficient (Wildman–Crippen LogP) is 3.40. The van der Waals surface area contributed by atoms with E-state index in [9.17, 15) is 18.4 Å². The summed E-state index contributed by atoms with van der Waals surface area (Å²) in [6.07, 6.45) is 0. The van der Waals surface area contributed by atoms with E-state index < -0.39 is 17.7 Å². The number of amides is 1. The monoisotopic (exact) mass is 386 g/mol. The number of benzene rings is 2. The van der Waals surface area contributed by atoms with E-state index in [1.54, 1.807) is 19.1 Å². The van der Waals surface area contributed by atoms with Gasteiger partial charge in [-0.25, -0.2) is 8.78 Å². The van der Waals surface area contributed by atoms with Crippen molar-refractivity contribution in [2.75, 3.05) is 6.54 Å². The molecule has 0 aliphatic rings. The predicted molar refractivity (Wildman–Crippen MR) is 95.2 cm³/mol. The fourth-order valence-electron chi connectivity index (χ4n) is 2.46. The molecule has 144 valence electrons. The van der Waals surface area contributed by atoms with Crippen LogP contribution < -0.4 is 5.32 Å². The summed E-state index contributed by atoms with van der Waals surface area (Å²) in [7, 11) is 0. The molecule has 0 unspecified atom stereocenters. The maximum absolute atomic E-state index is 13.1. The van der Waals surface area contributed by atoms with Crippen LogP contribution >= 0.6 is 0 Å². The number of rotatable bonds is 6. The van der Waals surface area contributed by atoms with Crippen molar-refractivity contribution in [1.29, 1.82) is 0 Å². The molecule has 6 nitrogen and oxygen atoms in total. The van der Waals surface area contributed by atoms with E-state index in [4.69, 9.17) is 9.26 Å². The molecule has 0 saturated heterocycles. The van der Waals surface area contributed by atoms with Gasteiger partial charge in [-0.05, 0) is 49.4 Å². The Morgan fingerprint density at radius 3 is 2.57 bits per heavy atom. The number of hydrogen-bond acceptors (Lipinski definition) is 5. The second-order valence-electron chi connectivity index (χ2n) is 5.94. The minimum atomic E-state index is -0.685. The van der Waals surface area contributed by atoms with Gasteiger partial charge in [0.15, 0.2) is 5.76 Å². The lowest BCUT2D eigenvalue weighted by Gasteiger charge is -2.06. The van der Waals surface area contributed by atoms with Gasteiger partial charge in [0.25, 0.3) is 5.91 Å². The van der Waals surface area contributed by atoms with Gasteiger partial charge in [0, 0.05) is 16.7 Å². The average Bonchev–Trinajstić information content (AvgIpc) is 3.05. The highest BCUT2D eigenvalue weighted by atomic mass is 19.1. The van der Waals surface area contributed by atoms with E-state index in [0.29, 0.717) is 22.6 Å². The number of carbonyl (C=O) groups excluding carboxylic acids is 2. The normalized spacial score (nSPS) is 10.5. The summed E-state index contributed by atoms with van der Waals surface area (Å²) in [6, 6.07) is 10.8. The fourth-order valence-corrected chi connectivity index (χ4v) is 2.46. The Morgan fingerprint density at radius 1 is 1.11 bits per heavy atom. The highest BCUT2D eigenvalue weighted by Crippen LogP contribution is 2.26. The number of nitrogens with zero attached hydrogens (tertiary/aromatic N) is 1. The number of nitrogens with one attached hydrogen (secondary N) is 1. The Kier molecular flexibility index (Phi) is 5.78. The number of esters is 1. The SMILES string of the molecule is Cc1c(COC(=O)CNC(=O)c2cccc(F)c2)noc1-c1ccc(F)cc1. The first-order valence-corrected chi connectivity index (χ1v) is 8.34. The molecule has 8 heteroatoms. The number of halogens is 2. The Balaban J connectivity index is 1.53. The van der Waals surface area contributed by atoms with Crippen LogP contribution in [-0.4, -0.2) is 23.6 Å². The molecule has 0 saturated carbocycles. The van der Waals surface area contributed by atoms with Crippen molar-refractivity contribution < 1.29 is 27.6 Å². The maximum Gasteiger partial charge on any atom is 0.325 e. The van der Waals surface area contributed by atoms with Crippen LogP contribution in [0.2, 0.25) is 0 Å². The van der Waals surface area contributed by atoms with E-state index in [-0.39, 0.29) is 24.5 Å². The molecule has 0 spiro atoms. The van der Waals surface area contributed by atoms with E-state index in [2.05, 4.69) is 10.5 Å². The first-order chi connectivity index (χ1) is 13.4. The minimum absolute atomic E-state index is 0.101. The van der Waals surface area contributed by atoms with Gasteiger partial charge in [-0.15, -0.1) is 0 Å². The zero-order valence-corrected chi connectivity index (χ0v) is 14.9. The van der Waals surface area contributed by atoms with Crippen molar-refractivity contribution in [3.05, 3.63) is 77.0 Å². The van der Waals surface area contributed by atoms with Gasteiger partial charge >= 0.3 is 5.97 Å². The zero-order chi connectivity index (χ0) is 20.1. The Hall–Kier alpha value is -3.55. The Labute approximate surface area is 159 Å². The molecule has 0 aliphatic carbocycles. The summed E-state index contributed by atoms with van der Waals surface area (Å²) >= 11 is 0. The second-order valence-corrected chi connectivity index (χ2v) is 5.94. The molecule has 0 radical (unpaired) electrons. The molecule has 2 aromatic carbocycles. The standard InChI is InChI=1S/C20H16F2N2O4/c1-12-17(24-28-19(12)13-5-7-15(21)8-6-13)11-27-18(25)10-23-20(26)14-3-2-4-16(22)9-14/h2-9H,10-11H2,1H3,(H,23,26). The summed E-state index contributed by atoms with van der Waals surface area (Å²) in [6.45, 7) is 1.21. The van der Waals surface area contributed by atoms with Gasteiger partial charge in [0.05, 0.1) is 0 Å². The highest BCUT2D eigenvalue weighted by molar-refractivity contribution is 5.95. The molecule has 1 heterocycles. The lowest BCUT2D eigenvalue weighted by molar-refractivity contribution is -0.143. The molecule has 0 atom stereocenters. The molecular formula is C20H16F2N2O4. The maximum atomic E-state index is 13.1. The largest absolute Gasteiger partial charge is 0.458 e. The second kappa shape index (κ2) is 8.43. The van der Waals surface area contributed by atoms with Crippen LogP contribution in [-0.2, 0) is 16.1 Å². The third-order valence-electron chi connectivity index (χ3n) is 3.98. The van der Waals surface area contributed by atoms with E-state index in [1.165, 1.54) is 30.3 Å². The van der Waals surface area contributed by atoms with Crippen molar-refractivity contribution in [3.63, 3.8) is 0 Å². The van der Waals surface area contributed by atoms with Crippen molar-refractivity contribution >= 4 is 11.9 Å². The molecule has 3 rings (SSSR count). The van der Waals surface area contributed by atoms with Gasteiger partial charge in [-0.2, -0.15) is 0 Å². The van der Waals surface area contributed by atoms with E-state index in [0.717, 1.165) is 6.07 Å². The van der Waals surface area contributed by atoms with Gasteiger partial charge in [-0.3, -0.25) is 9.59 Å². The highest BCUT2D eigenvalue weighted by Gasteiger charge is 2.16. The molecule has 0 bridgehead atoms. The summed E-state index contributed by atoms with van der Waals surface area (Å²) in [5.74, 6) is -1.74. The number of ether oxygens (including phenoxy) is 1. The summed E-state index contributed by atoms with van der Waals surface area (Å²) in [5, 5.41) is 6.22. The van der Waals surface area contributed by atoms with Crippen molar-refractivity contribution in [2.45, 2.75) is 13.5 Å². The number of aromatic nitrogens is 1. The van der Waals surface area contributed by atoms with Crippen LogP contribution in [0.3, 0.4) is 0 Å². The van der Waals surface area contributed by atoms with Crippen LogP contribution in [0, 0.1) is 18.6 Å². The molecule has 1 amide bonds. The van der Waals surface area contributed by atoms with Gasteiger partial charge in [-0.1, -0.05) is 11.2 Å². The smallest absolute Gasteiger partial charge is 0.325 e. The fraction of sp³-hybridized carbons (Fsp3) is 0.150. The summed E-state index contributed by atoms with van der Waals surface area (Å²) in [4.78, 5) is 23.7.